The molecule has 1 unspecified atom stereocenters. The molecule has 0 spiro atoms. The molecule has 60 valence electrons. The predicted octanol–water partition coefficient (Wildman–Crippen LogP) is 2.33. The van der Waals surface area contributed by atoms with Gasteiger partial charge in [0.1, 0.15) is 0 Å². The van der Waals surface area contributed by atoms with Crippen LogP contribution < -0.4 is 5.73 Å². The van der Waals surface area contributed by atoms with Gasteiger partial charge in [-0.25, -0.2) is 0 Å². The molecule has 1 heterocycles. The van der Waals surface area contributed by atoms with Crippen molar-refractivity contribution in [1.82, 2.24) is 0 Å². The van der Waals surface area contributed by atoms with Crippen LogP contribution in [0.3, 0.4) is 0 Å². The van der Waals surface area contributed by atoms with E-state index in [0.29, 0.717) is 5.41 Å². The molecule has 0 aliphatic heterocycles. The summed E-state index contributed by atoms with van der Waals surface area (Å²) >= 11 is 1.73. The second kappa shape index (κ2) is 1.87. The normalized spacial score (nSPS) is 33.7. The van der Waals surface area contributed by atoms with Crippen molar-refractivity contribution >= 4 is 11.3 Å². The van der Waals surface area contributed by atoms with Crippen LogP contribution in [0.4, 0.5) is 0 Å². The summed E-state index contributed by atoms with van der Waals surface area (Å²) in [5.74, 6) is 0. The Kier molecular flexibility index (Phi) is 1.25. The maximum atomic E-state index is 6.20. The van der Waals surface area contributed by atoms with Gasteiger partial charge >= 0.3 is 0 Å². The van der Waals surface area contributed by atoms with Gasteiger partial charge in [-0.15, -0.1) is 0 Å². The molecule has 1 nitrogen and oxygen atoms in total. The van der Waals surface area contributed by atoms with Crippen molar-refractivity contribution in [1.29, 1.82) is 0 Å². The molecule has 1 aromatic heterocycles. The minimum atomic E-state index is -0.0208. The highest BCUT2D eigenvalue weighted by molar-refractivity contribution is 7.08. The first-order valence-corrected chi connectivity index (χ1v) is 4.82. The lowest BCUT2D eigenvalue weighted by atomic mass is 10.0. The Labute approximate surface area is 71.2 Å². The van der Waals surface area contributed by atoms with E-state index in [9.17, 15) is 0 Å². The van der Waals surface area contributed by atoms with Crippen LogP contribution in [0.25, 0.3) is 0 Å². The molecule has 2 heteroatoms. The van der Waals surface area contributed by atoms with E-state index in [-0.39, 0.29) is 5.54 Å². The van der Waals surface area contributed by atoms with Crippen molar-refractivity contribution < 1.29 is 0 Å². The molecule has 0 bridgehead atoms. The van der Waals surface area contributed by atoms with Gasteiger partial charge in [0.15, 0.2) is 0 Å². The minimum Gasteiger partial charge on any atom is -0.321 e. The van der Waals surface area contributed by atoms with Crippen molar-refractivity contribution in [3.63, 3.8) is 0 Å². The van der Waals surface area contributed by atoms with Crippen LogP contribution in [0.1, 0.15) is 25.8 Å². The zero-order valence-electron chi connectivity index (χ0n) is 6.92. The first kappa shape index (κ1) is 7.32. The molecule has 1 fully saturated rings. The fourth-order valence-corrected chi connectivity index (χ4v) is 2.40. The number of hydrogen-bond donors (Lipinski definition) is 1. The lowest BCUT2D eigenvalue weighted by Crippen LogP contribution is -2.24. The van der Waals surface area contributed by atoms with Gasteiger partial charge in [0.05, 0.1) is 0 Å². The Morgan fingerprint density at radius 1 is 1.55 bits per heavy atom. The molecule has 1 saturated carbocycles. The van der Waals surface area contributed by atoms with Crippen molar-refractivity contribution in [3.05, 3.63) is 22.4 Å². The summed E-state index contributed by atoms with van der Waals surface area (Å²) in [4.78, 5) is 0. The van der Waals surface area contributed by atoms with Crippen LogP contribution in [0.15, 0.2) is 16.8 Å². The van der Waals surface area contributed by atoms with Crippen LogP contribution in [0.5, 0.6) is 0 Å². The predicted molar refractivity (Wildman–Crippen MR) is 48.6 cm³/mol. The topological polar surface area (TPSA) is 26.0 Å². The van der Waals surface area contributed by atoms with Gasteiger partial charge in [-0.2, -0.15) is 11.3 Å². The summed E-state index contributed by atoms with van der Waals surface area (Å²) in [6, 6.07) is 2.14. The first-order chi connectivity index (χ1) is 5.06. The molecule has 1 atom stereocenters. The van der Waals surface area contributed by atoms with E-state index in [0.717, 1.165) is 6.42 Å². The van der Waals surface area contributed by atoms with E-state index in [4.69, 9.17) is 5.73 Å². The SMILES string of the molecule is CC1(C)CC1(N)c1ccsc1. The molecule has 0 saturated heterocycles. The van der Waals surface area contributed by atoms with Gasteiger partial charge in [-0.3, -0.25) is 0 Å². The highest BCUT2D eigenvalue weighted by atomic mass is 32.1. The summed E-state index contributed by atoms with van der Waals surface area (Å²) in [6.07, 6.45) is 1.12. The highest BCUT2D eigenvalue weighted by Crippen LogP contribution is 2.60. The fraction of sp³-hybridized carbons (Fsp3) is 0.556. The summed E-state index contributed by atoms with van der Waals surface area (Å²) in [7, 11) is 0. The molecule has 1 aliphatic rings. The van der Waals surface area contributed by atoms with Gasteiger partial charge < -0.3 is 5.73 Å². The molecule has 1 aliphatic carbocycles. The Balaban J connectivity index is 2.33. The van der Waals surface area contributed by atoms with Crippen LogP contribution in [-0.2, 0) is 5.54 Å². The number of thiophene rings is 1. The third-order valence-electron chi connectivity index (χ3n) is 2.84. The number of hydrogen-bond acceptors (Lipinski definition) is 2. The first-order valence-electron chi connectivity index (χ1n) is 3.88. The summed E-state index contributed by atoms with van der Waals surface area (Å²) in [6.45, 7) is 4.45. The highest BCUT2D eigenvalue weighted by Gasteiger charge is 2.59. The van der Waals surface area contributed by atoms with Gasteiger partial charge in [0.25, 0.3) is 0 Å². The Morgan fingerprint density at radius 3 is 2.55 bits per heavy atom. The third kappa shape index (κ3) is 0.861. The van der Waals surface area contributed by atoms with Gasteiger partial charge in [-0.1, -0.05) is 13.8 Å². The largest absolute Gasteiger partial charge is 0.321 e. The van der Waals surface area contributed by atoms with Crippen LogP contribution in [-0.4, -0.2) is 0 Å². The zero-order chi connectivity index (χ0) is 8.11. The maximum Gasteiger partial charge on any atom is 0.0476 e. The van der Waals surface area contributed by atoms with E-state index in [1.54, 1.807) is 11.3 Å². The van der Waals surface area contributed by atoms with Crippen molar-refractivity contribution in [3.8, 4) is 0 Å². The molecule has 2 rings (SSSR count). The molecule has 0 radical (unpaired) electrons. The van der Waals surface area contributed by atoms with Gasteiger partial charge in [0, 0.05) is 5.54 Å². The van der Waals surface area contributed by atoms with Crippen LogP contribution >= 0.6 is 11.3 Å². The standard InChI is InChI=1S/C9H13NS/c1-8(2)6-9(8,10)7-3-4-11-5-7/h3-5H,6,10H2,1-2H3. The number of nitrogens with two attached hydrogens (primary N) is 1. The van der Waals surface area contributed by atoms with E-state index in [2.05, 4.69) is 30.7 Å². The Hall–Kier alpha value is -0.340. The average Bonchev–Trinajstić information content (AvgIpc) is 2.36. The molecule has 0 aromatic carbocycles. The zero-order valence-corrected chi connectivity index (χ0v) is 7.74. The van der Waals surface area contributed by atoms with Gasteiger partial charge in [0.2, 0.25) is 0 Å². The van der Waals surface area contributed by atoms with Gasteiger partial charge in [-0.05, 0) is 34.2 Å². The van der Waals surface area contributed by atoms with E-state index in [1.807, 2.05) is 0 Å². The van der Waals surface area contributed by atoms with Crippen molar-refractivity contribution in [2.45, 2.75) is 25.8 Å². The number of rotatable bonds is 1. The maximum absolute atomic E-state index is 6.20. The second-order valence-electron chi connectivity index (χ2n) is 4.04. The summed E-state index contributed by atoms with van der Waals surface area (Å²) < 4.78 is 0. The summed E-state index contributed by atoms with van der Waals surface area (Å²) in [5.41, 5.74) is 7.80. The molecular formula is C9H13NS. The smallest absolute Gasteiger partial charge is 0.0476 e. The quantitative estimate of drug-likeness (QED) is 0.682. The lowest BCUT2D eigenvalue weighted by Gasteiger charge is -2.12. The molecule has 1 aromatic rings. The molecular weight excluding hydrogens is 154 g/mol. The van der Waals surface area contributed by atoms with E-state index in [1.165, 1.54) is 5.56 Å². The monoisotopic (exact) mass is 167 g/mol. The lowest BCUT2D eigenvalue weighted by molar-refractivity contribution is 0.511. The fourth-order valence-electron chi connectivity index (χ4n) is 1.66. The molecule has 11 heavy (non-hydrogen) atoms. The minimum absolute atomic E-state index is 0.0208. The average molecular weight is 167 g/mol. The van der Waals surface area contributed by atoms with Crippen LogP contribution in [0.2, 0.25) is 0 Å². The third-order valence-corrected chi connectivity index (χ3v) is 3.52. The summed E-state index contributed by atoms with van der Waals surface area (Å²) in [5, 5.41) is 4.26. The second-order valence-corrected chi connectivity index (χ2v) is 4.82. The van der Waals surface area contributed by atoms with Crippen molar-refractivity contribution in [2.24, 2.45) is 11.1 Å². The molecule has 0 amide bonds. The van der Waals surface area contributed by atoms with Crippen LogP contribution in [0, 0.1) is 5.41 Å². The van der Waals surface area contributed by atoms with E-state index >= 15 is 0 Å². The Bertz CT molecular complexity index is 263. The Morgan fingerprint density at radius 2 is 2.18 bits per heavy atom. The van der Waals surface area contributed by atoms with Crippen molar-refractivity contribution in [2.75, 3.05) is 0 Å². The molecule has 2 N–H and O–H groups in total. The van der Waals surface area contributed by atoms with E-state index < -0.39 is 0 Å².